The summed E-state index contributed by atoms with van der Waals surface area (Å²) in [7, 11) is 0. The Kier molecular flexibility index (Phi) is 4.28. The number of hydrogen-bond donors (Lipinski definition) is 1. The van der Waals surface area contributed by atoms with Gasteiger partial charge in [-0.2, -0.15) is 0 Å². The first kappa shape index (κ1) is 17.1. The lowest BCUT2D eigenvalue weighted by Crippen LogP contribution is -2.32. The number of pyridine rings is 1. The second-order valence-electron chi connectivity index (χ2n) is 5.92. The molecule has 1 atom stereocenters. The Morgan fingerprint density at radius 2 is 2.15 bits per heavy atom. The van der Waals surface area contributed by atoms with Gasteiger partial charge in [-0.1, -0.05) is 6.07 Å². The zero-order valence-corrected chi connectivity index (χ0v) is 14.6. The van der Waals surface area contributed by atoms with Gasteiger partial charge in [0.1, 0.15) is 12.0 Å². The Labute approximate surface area is 157 Å². The smallest absolute Gasteiger partial charge is 0.271 e. The Balaban J connectivity index is 1.73. The summed E-state index contributed by atoms with van der Waals surface area (Å²) in [6.07, 6.45) is 0.825. The number of benzene rings is 1. The van der Waals surface area contributed by atoms with Gasteiger partial charge in [-0.15, -0.1) is 11.3 Å². The number of carbonyl (C=O) groups is 1. The van der Waals surface area contributed by atoms with Crippen molar-refractivity contribution in [3.05, 3.63) is 86.1 Å². The van der Waals surface area contributed by atoms with Crippen molar-refractivity contribution in [2.75, 3.05) is 5.32 Å². The fraction of sp³-hybridized carbons (Fsp3) is 0.111. The minimum absolute atomic E-state index is 0.0586. The Hall–Kier alpha value is -3.33. The van der Waals surface area contributed by atoms with E-state index < -0.39 is 16.9 Å². The first-order valence-corrected chi connectivity index (χ1v) is 8.91. The predicted molar refractivity (Wildman–Crippen MR) is 97.8 cm³/mol. The molecule has 0 unspecified atom stereocenters. The predicted octanol–water partition coefficient (Wildman–Crippen LogP) is 3.96. The quantitative estimate of drug-likeness (QED) is 0.531. The first-order valence-electron chi connectivity index (χ1n) is 8.03. The van der Waals surface area contributed by atoms with Crippen molar-refractivity contribution in [1.82, 2.24) is 9.88 Å². The monoisotopic (exact) mass is 384 g/mol. The SMILES string of the molecule is O=C1c2cccnc2[C@H](Nc2cc([N+](=O)[O-])ccc2F)N1Cc1cccs1. The van der Waals surface area contributed by atoms with E-state index in [2.05, 4.69) is 10.3 Å². The maximum absolute atomic E-state index is 14.3. The topological polar surface area (TPSA) is 88.4 Å². The third-order valence-electron chi connectivity index (χ3n) is 4.26. The maximum Gasteiger partial charge on any atom is 0.271 e. The van der Waals surface area contributed by atoms with Gasteiger partial charge in [0.15, 0.2) is 0 Å². The molecule has 1 aliphatic rings. The Morgan fingerprint density at radius 1 is 1.30 bits per heavy atom. The average Bonchev–Trinajstić information content (AvgIpc) is 3.26. The largest absolute Gasteiger partial charge is 0.357 e. The van der Waals surface area contributed by atoms with Gasteiger partial charge in [-0.25, -0.2) is 4.39 Å². The number of nitro benzene ring substituents is 1. The van der Waals surface area contributed by atoms with E-state index in [-0.39, 0.29) is 17.3 Å². The van der Waals surface area contributed by atoms with E-state index >= 15 is 0 Å². The summed E-state index contributed by atoms with van der Waals surface area (Å²) in [6.45, 7) is 0.321. The lowest BCUT2D eigenvalue weighted by molar-refractivity contribution is -0.384. The second-order valence-corrected chi connectivity index (χ2v) is 6.95. The molecule has 4 rings (SSSR count). The summed E-state index contributed by atoms with van der Waals surface area (Å²) in [4.78, 5) is 30.0. The lowest BCUT2D eigenvalue weighted by atomic mass is 10.2. The Bertz CT molecular complexity index is 1030. The van der Waals surface area contributed by atoms with Crippen LogP contribution in [0.5, 0.6) is 0 Å². The zero-order chi connectivity index (χ0) is 19.0. The average molecular weight is 384 g/mol. The highest BCUT2D eigenvalue weighted by Crippen LogP contribution is 2.36. The number of non-ortho nitro benzene ring substituents is 1. The number of anilines is 1. The van der Waals surface area contributed by atoms with Crippen molar-refractivity contribution in [1.29, 1.82) is 0 Å². The number of halogens is 1. The normalized spacial score (nSPS) is 15.7. The standard InChI is InChI=1S/C18H13FN4O3S/c19-14-6-5-11(23(25)26)9-15(14)21-17-16-13(4-1-7-20-16)18(24)22(17)10-12-3-2-8-27-12/h1-9,17,21H,10H2/t17-/m1/s1. The van der Waals surface area contributed by atoms with Crippen LogP contribution >= 0.6 is 11.3 Å². The highest BCUT2D eigenvalue weighted by molar-refractivity contribution is 7.09. The van der Waals surface area contributed by atoms with E-state index in [1.807, 2.05) is 17.5 Å². The molecular weight excluding hydrogens is 371 g/mol. The van der Waals surface area contributed by atoms with Crippen LogP contribution in [0.3, 0.4) is 0 Å². The van der Waals surface area contributed by atoms with Gasteiger partial charge in [-0.3, -0.25) is 19.9 Å². The molecule has 0 saturated carbocycles. The summed E-state index contributed by atoms with van der Waals surface area (Å²) in [5, 5.41) is 15.8. The number of fused-ring (bicyclic) bond motifs is 1. The lowest BCUT2D eigenvalue weighted by Gasteiger charge is -2.26. The summed E-state index contributed by atoms with van der Waals surface area (Å²) in [5.41, 5.74) is 0.591. The molecule has 9 heteroatoms. The van der Waals surface area contributed by atoms with Crippen molar-refractivity contribution < 1.29 is 14.1 Å². The number of carbonyl (C=O) groups excluding carboxylic acids is 1. The third kappa shape index (κ3) is 3.13. The van der Waals surface area contributed by atoms with Crippen LogP contribution in [0.15, 0.2) is 54.0 Å². The van der Waals surface area contributed by atoms with Crippen LogP contribution in [0, 0.1) is 15.9 Å². The van der Waals surface area contributed by atoms with Gasteiger partial charge in [0.2, 0.25) is 0 Å². The van der Waals surface area contributed by atoms with E-state index in [0.717, 1.165) is 23.1 Å². The number of aromatic nitrogens is 1. The molecule has 1 aliphatic heterocycles. The second kappa shape index (κ2) is 6.76. The molecule has 0 spiro atoms. The molecule has 0 bridgehead atoms. The molecule has 27 heavy (non-hydrogen) atoms. The molecule has 0 radical (unpaired) electrons. The van der Waals surface area contributed by atoms with E-state index in [9.17, 15) is 19.3 Å². The molecule has 1 aromatic carbocycles. The van der Waals surface area contributed by atoms with Crippen molar-refractivity contribution >= 4 is 28.6 Å². The molecule has 0 aliphatic carbocycles. The number of hydrogen-bond acceptors (Lipinski definition) is 6. The van der Waals surface area contributed by atoms with Crippen LogP contribution in [0.1, 0.15) is 27.1 Å². The van der Waals surface area contributed by atoms with E-state index in [4.69, 9.17) is 0 Å². The van der Waals surface area contributed by atoms with Gasteiger partial charge < -0.3 is 10.2 Å². The minimum Gasteiger partial charge on any atom is -0.357 e. The fourth-order valence-electron chi connectivity index (χ4n) is 3.00. The zero-order valence-electron chi connectivity index (χ0n) is 13.8. The van der Waals surface area contributed by atoms with Crippen LogP contribution in [-0.4, -0.2) is 20.7 Å². The maximum atomic E-state index is 14.3. The van der Waals surface area contributed by atoms with Crippen LogP contribution in [0.4, 0.5) is 15.8 Å². The van der Waals surface area contributed by atoms with Crippen molar-refractivity contribution in [2.24, 2.45) is 0 Å². The van der Waals surface area contributed by atoms with Crippen LogP contribution < -0.4 is 5.32 Å². The number of nitrogens with one attached hydrogen (secondary N) is 1. The van der Waals surface area contributed by atoms with Crippen molar-refractivity contribution in [3.8, 4) is 0 Å². The molecule has 1 amide bonds. The molecule has 3 aromatic rings. The summed E-state index contributed by atoms with van der Waals surface area (Å²) in [6, 6.07) is 10.3. The van der Waals surface area contributed by atoms with Crippen molar-refractivity contribution in [3.63, 3.8) is 0 Å². The van der Waals surface area contributed by atoms with E-state index in [0.29, 0.717) is 17.8 Å². The highest BCUT2D eigenvalue weighted by Gasteiger charge is 2.38. The van der Waals surface area contributed by atoms with E-state index in [1.54, 1.807) is 23.2 Å². The number of rotatable bonds is 5. The van der Waals surface area contributed by atoms with Crippen LogP contribution in [0.2, 0.25) is 0 Å². The van der Waals surface area contributed by atoms with Crippen LogP contribution in [0.25, 0.3) is 0 Å². The third-order valence-corrected chi connectivity index (χ3v) is 5.12. The Morgan fingerprint density at radius 3 is 2.89 bits per heavy atom. The van der Waals surface area contributed by atoms with Gasteiger partial charge in [0, 0.05) is 23.2 Å². The molecule has 1 N–H and O–H groups in total. The number of nitro groups is 1. The molecule has 136 valence electrons. The molecule has 0 saturated heterocycles. The van der Waals surface area contributed by atoms with Gasteiger partial charge >= 0.3 is 0 Å². The molecule has 0 fully saturated rings. The first-order chi connectivity index (χ1) is 13.0. The molecule has 2 aromatic heterocycles. The fourth-order valence-corrected chi connectivity index (χ4v) is 3.70. The van der Waals surface area contributed by atoms with Gasteiger partial charge in [-0.05, 0) is 29.6 Å². The molecule has 7 nitrogen and oxygen atoms in total. The molecule has 3 heterocycles. The van der Waals surface area contributed by atoms with Gasteiger partial charge in [0.05, 0.1) is 28.4 Å². The van der Waals surface area contributed by atoms with E-state index in [1.165, 1.54) is 11.3 Å². The number of nitrogens with zero attached hydrogens (tertiary/aromatic N) is 3. The van der Waals surface area contributed by atoms with Gasteiger partial charge in [0.25, 0.3) is 11.6 Å². The summed E-state index contributed by atoms with van der Waals surface area (Å²) < 4.78 is 14.3. The number of thiophene rings is 1. The minimum atomic E-state index is -0.729. The summed E-state index contributed by atoms with van der Waals surface area (Å²) in [5.74, 6) is -0.872. The highest BCUT2D eigenvalue weighted by atomic mass is 32.1. The number of amides is 1. The molecular formula is C18H13FN4O3S. The van der Waals surface area contributed by atoms with Crippen LogP contribution in [-0.2, 0) is 6.54 Å². The van der Waals surface area contributed by atoms with Crippen molar-refractivity contribution in [2.45, 2.75) is 12.7 Å². The summed E-state index contributed by atoms with van der Waals surface area (Å²) >= 11 is 1.50.